The first-order valence-corrected chi connectivity index (χ1v) is 7.70. The zero-order valence-corrected chi connectivity index (χ0v) is 15.0. The van der Waals surface area contributed by atoms with Crippen LogP contribution in [-0.2, 0) is 4.74 Å². The van der Waals surface area contributed by atoms with Crippen molar-refractivity contribution in [3.05, 3.63) is 52.3 Å². The maximum absolute atomic E-state index is 9.54. The maximum atomic E-state index is 9.54. The van der Waals surface area contributed by atoms with Gasteiger partial charge in [0.05, 0.1) is 14.2 Å². The fraction of sp³-hybridized carbons (Fsp3) is 0.250. The van der Waals surface area contributed by atoms with Gasteiger partial charge in [0.1, 0.15) is 40.9 Å². The molecule has 130 valence electrons. The number of benzene rings is 1. The van der Waals surface area contributed by atoms with Gasteiger partial charge in [-0.2, -0.15) is 15.8 Å². The molecule has 26 heavy (non-hydrogen) atoms. The van der Waals surface area contributed by atoms with Gasteiger partial charge in [-0.3, -0.25) is 0 Å². The van der Waals surface area contributed by atoms with E-state index in [1.54, 1.807) is 70.6 Å². The monoisotopic (exact) mass is 347 g/mol. The highest BCUT2D eigenvalue weighted by atomic mass is 16.5. The first-order valence-electron chi connectivity index (χ1n) is 7.70. The minimum absolute atomic E-state index is 0.0137. The second-order valence-electron chi connectivity index (χ2n) is 5.88. The minimum atomic E-state index is -0.859. The van der Waals surface area contributed by atoms with E-state index in [9.17, 15) is 5.26 Å². The normalized spacial score (nSPS) is 15.0. The van der Waals surface area contributed by atoms with Crippen molar-refractivity contribution in [1.29, 1.82) is 15.8 Å². The summed E-state index contributed by atoms with van der Waals surface area (Å²) >= 11 is 0. The van der Waals surface area contributed by atoms with Gasteiger partial charge in [0.15, 0.2) is 11.3 Å². The van der Waals surface area contributed by atoms with Crippen molar-refractivity contribution in [3.63, 3.8) is 0 Å². The molecule has 0 amide bonds. The lowest BCUT2D eigenvalue weighted by Gasteiger charge is -2.20. The Bertz CT molecular complexity index is 932. The van der Waals surface area contributed by atoms with Crippen LogP contribution in [0.5, 0.6) is 11.5 Å². The van der Waals surface area contributed by atoms with Crippen molar-refractivity contribution in [2.24, 2.45) is 0 Å². The van der Waals surface area contributed by atoms with E-state index in [2.05, 4.69) is 0 Å². The summed E-state index contributed by atoms with van der Waals surface area (Å²) in [6.07, 6.45) is 3.51. The molecule has 0 atom stereocenters. The molecule has 1 aromatic carbocycles. The summed E-state index contributed by atoms with van der Waals surface area (Å²) in [5, 5.41) is 27.7. The number of hydrogen-bond acceptors (Lipinski definition) is 6. The van der Waals surface area contributed by atoms with Crippen molar-refractivity contribution in [2.45, 2.75) is 19.4 Å². The SMILES string of the molecule is COc1ccc(OC)c(/C=C/C2=C(C#N)C(=C(C#N)C#N)OC2(C)C)c1. The van der Waals surface area contributed by atoms with E-state index in [1.165, 1.54) is 0 Å². The highest BCUT2D eigenvalue weighted by molar-refractivity contribution is 5.67. The van der Waals surface area contributed by atoms with Gasteiger partial charge >= 0.3 is 0 Å². The topological polar surface area (TPSA) is 99.1 Å². The highest BCUT2D eigenvalue weighted by Crippen LogP contribution is 2.40. The largest absolute Gasteiger partial charge is 0.497 e. The number of nitrogens with zero attached hydrogens (tertiary/aromatic N) is 3. The first-order chi connectivity index (χ1) is 12.4. The molecule has 0 bridgehead atoms. The summed E-state index contributed by atoms with van der Waals surface area (Å²) in [5.74, 6) is 1.32. The molecule has 0 fully saturated rings. The molecule has 1 aromatic rings. The van der Waals surface area contributed by atoms with Crippen molar-refractivity contribution < 1.29 is 14.2 Å². The molecule has 6 nitrogen and oxygen atoms in total. The molecule has 0 aliphatic carbocycles. The van der Waals surface area contributed by atoms with Crippen LogP contribution in [0.25, 0.3) is 6.08 Å². The second kappa shape index (κ2) is 7.47. The van der Waals surface area contributed by atoms with E-state index >= 15 is 0 Å². The standard InChI is InChI=1S/C20H17N3O3/c1-20(2)17(16(12-23)19(26-20)14(10-21)11-22)7-5-13-9-15(24-3)6-8-18(13)25-4/h5-9H,1-4H3/b7-5+. The lowest BCUT2D eigenvalue weighted by molar-refractivity contribution is 0.0954. The van der Waals surface area contributed by atoms with Crippen molar-refractivity contribution in [1.82, 2.24) is 0 Å². The molecule has 6 heteroatoms. The summed E-state index contributed by atoms with van der Waals surface area (Å²) in [7, 11) is 3.14. The van der Waals surface area contributed by atoms with E-state index in [4.69, 9.17) is 24.7 Å². The third-order valence-electron chi connectivity index (χ3n) is 3.93. The Kier molecular flexibility index (Phi) is 5.36. The van der Waals surface area contributed by atoms with E-state index < -0.39 is 5.60 Å². The third kappa shape index (κ3) is 3.38. The van der Waals surface area contributed by atoms with Gasteiger partial charge in [0, 0.05) is 11.1 Å². The quantitative estimate of drug-likeness (QED) is 0.771. The molecule has 0 saturated heterocycles. The zero-order valence-electron chi connectivity index (χ0n) is 15.0. The summed E-state index contributed by atoms with van der Waals surface area (Å²) in [4.78, 5) is 0. The van der Waals surface area contributed by atoms with E-state index in [0.717, 1.165) is 5.56 Å². The Labute approximate surface area is 152 Å². The Hall–Kier alpha value is -3.69. The average Bonchev–Trinajstić information content (AvgIpc) is 2.90. The minimum Gasteiger partial charge on any atom is -0.497 e. The van der Waals surface area contributed by atoms with Crippen LogP contribution >= 0.6 is 0 Å². The molecule has 1 heterocycles. The molecule has 0 radical (unpaired) electrons. The van der Waals surface area contributed by atoms with Gasteiger partial charge in [-0.25, -0.2) is 0 Å². The molecule has 0 spiro atoms. The van der Waals surface area contributed by atoms with E-state index in [-0.39, 0.29) is 16.9 Å². The number of nitriles is 3. The van der Waals surface area contributed by atoms with Crippen LogP contribution < -0.4 is 9.47 Å². The molecule has 0 N–H and O–H groups in total. The van der Waals surface area contributed by atoms with Crippen LogP contribution in [0.4, 0.5) is 0 Å². The zero-order chi connectivity index (χ0) is 19.3. The van der Waals surface area contributed by atoms with Gasteiger partial charge in [-0.05, 0) is 32.0 Å². The first kappa shape index (κ1) is 18.6. The Morgan fingerprint density at radius 2 is 1.77 bits per heavy atom. The molecular formula is C20H17N3O3. The molecule has 0 aromatic heterocycles. The number of allylic oxidation sites excluding steroid dienone is 2. The predicted octanol–water partition coefficient (Wildman–Crippen LogP) is 3.65. The summed E-state index contributed by atoms with van der Waals surface area (Å²) in [5.41, 5.74) is 0.416. The van der Waals surface area contributed by atoms with Crippen molar-refractivity contribution >= 4 is 6.08 Å². The second-order valence-corrected chi connectivity index (χ2v) is 5.88. The Balaban J connectivity index is 2.60. The fourth-order valence-corrected chi connectivity index (χ4v) is 2.62. The molecular weight excluding hydrogens is 330 g/mol. The number of rotatable bonds is 4. The number of methoxy groups -OCH3 is 2. The van der Waals surface area contributed by atoms with Crippen molar-refractivity contribution in [2.75, 3.05) is 14.2 Å². The lowest BCUT2D eigenvalue weighted by atomic mass is 9.94. The summed E-state index contributed by atoms with van der Waals surface area (Å²) in [6, 6.07) is 11.0. The lowest BCUT2D eigenvalue weighted by Crippen LogP contribution is -2.20. The van der Waals surface area contributed by atoms with Gasteiger partial charge < -0.3 is 14.2 Å². The van der Waals surface area contributed by atoms with Gasteiger partial charge in [-0.1, -0.05) is 12.2 Å². The molecule has 1 aliphatic rings. The van der Waals surface area contributed by atoms with Crippen molar-refractivity contribution in [3.8, 4) is 29.7 Å². The van der Waals surface area contributed by atoms with E-state index in [1.807, 2.05) is 6.07 Å². The predicted molar refractivity (Wildman–Crippen MR) is 94.6 cm³/mol. The van der Waals surface area contributed by atoms with Gasteiger partial charge in [-0.15, -0.1) is 0 Å². The Morgan fingerprint density at radius 1 is 1.08 bits per heavy atom. The average molecular weight is 347 g/mol. The molecule has 0 unspecified atom stereocenters. The highest BCUT2D eigenvalue weighted by Gasteiger charge is 2.38. The third-order valence-corrected chi connectivity index (χ3v) is 3.93. The van der Waals surface area contributed by atoms with Crippen LogP contribution in [0.1, 0.15) is 19.4 Å². The maximum Gasteiger partial charge on any atom is 0.172 e. The van der Waals surface area contributed by atoms with Crippen LogP contribution in [0.3, 0.4) is 0 Å². The van der Waals surface area contributed by atoms with Gasteiger partial charge in [0.2, 0.25) is 0 Å². The van der Waals surface area contributed by atoms with Crippen LogP contribution in [0, 0.1) is 34.0 Å². The smallest absolute Gasteiger partial charge is 0.172 e. The number of ether oxygens (including phenoxy) is 3. The van der Waals surface area contributed by atoms with Crippen LogP contribution in [-0.4, -0.2) is 19.8 Å². The molecule has 0 saturated carbocycles. The summed E-state index contributed by atoms with van der Waals surface area (Å²) < 4.78 is 16.3. The summed E-state index contributed by atoms with van der Waals surface area (Å²) in [6.45, 7) is 3.54. The Morgan fingerprint density at radius 3 is 2.31 bits per heavy atom. The molecule has 2 rings (SSSR count). The van der Waals surface area contributed by atoms with E-state index in [0.29, 0.717) is 17.1 Å². The van der Waals surface area contributed by atoms with Crippen LogP contribution in [0.2, 0.25) is 0 Å². The fourth-order valence-electron chi connectivity index (χ4n) is 2.62. The molecule has 1 aliphatic heterocycles. The van der Waals surface area contributed by atoms with Crippen LogP contribution in [0.15, 0.2) is 46.8 Å². The van der Waals surface area contributed by atoms with Gasteiger partial charge in [0.25, 0.3) is 0 Å². The number of hydrogen-bond donors (Lipinski definition) is 0.